The van der Waals surface area contributed by atoms with Gasteiger partial charge in [0.25, 0.3) is 0 Å². The average Bonchev–Trinajstić information content (AvgIpc) is 3.15. The summed E-state index contributed by atoms with van der Waals surface area (Å²) < 4.78 is 1.84. The van der Waals surface area contributed by atoms with Crippen molar-refractivity contribution in [2.75, 3.05) is 33.2 Å². The predicted octanol–water partition coefficient (Wildman–Crippen LogP) is 1.08. The topological polar surface area (TPSA) is 70.5 Å². The lowest BCUT2D eigenvalue weighted by molar-refractivity contribution is -0.138. The summed E-state index contributed by atoms with van der Waals surface area (Å²) in [6.45, 7) is 5.14. The van der Waals surface area contributed by atoms with Crippen LogP contribution in [0.15, 0.2) is 42.6 Å². The monoisotopic (exact) mass is 383 g/mol. The molecular weight excluding hydrogens is 354 g/mol. The zero-order chi connectivity index (χ0) is 19.9. The Hall–Kier alpha value is -2.67. The first kappa shape index (κ1) is 20.1. The van der Waals surface area contributed by atoms with Crippen molar-refractivity contribution in [3.63, 3.8) is 0 Å². The molecule has 0 saturated carbocycles. The van der Waals surface area contributed by atoms with Gasteiger partial charge in [-0.3, -0.25) is 19.2 Å². The molecule has 1 aliphatic rings. The first-order valence-corrected chi connectivity index (χ1v) is 9.84. The van der Waals surface area contributed by atoms with E-state index >= 15 is 0 Å². The Morgan fingerprint density at radius 1 is 1.14 bits per heavy atom. The van der Waals surface area contributed by atoms with Crippen molar-refractivity contribution in [1.82, 2.24) is 24.9 Å². The van der Waals surface area contributed by atoms with Crippen LogP contribution in [0, 0.1) is 6.92 Å². The first-order chi connectivity index (χ1) is 13.6. The molecule has 0 unspecified atom stereocenters. The number of piperazine rings is 1. The number of carbonyl (C=O) groups is 2. The van der Waals surface area contributed by atoms with Crippen LogP contribution in [-0.2, 0) is 22.6 Å². The number of amides is 2. The Morgan fingerprint density at radius 3 is 2.61 bits per heavy atom. The van der Waals surface area contributed by atoms with Gasteiger partial charge < -0.3 is 10.2 Å². The molecule has 1 aromatic carbocycles. The summed E-state index contributed by atoms with van der Waals surface area (Å²) in [6.07, 6.45) is 3.03. The minimum atomic E-state index is -0.308. The molecule has 1 atom stereocenters. The Labute approximate surface area is 166 Å². The van der Waals surface area contributed by atoms with Gasteiger partial charge in [-0.25, -0.2) is 0 Å². The fraction of sp³-hybridized carbons (Fsp3) is 0.476. The number of hydrogen-bond acceptors (Lipinski definition) is 4. The summed E-state index contributed by atoms with van der Waals surface area (Å²) >= 11 is 0. The van der Waals surface area contributed by atoms with Crippen LogP contribution in [0.25, 0.3) is 0 Å². The van der Waals surface area contributed by atoms with Crippen molar-refractivity contribution >= 4 is 11.8 Å². The van der Waals surface area contributed by atoms with E-state index in [1.54, 1.807) is 13.2 Å². The Bertz CT molecular complexity index is 789. The van der Waals surface area contributed by atoms with Gasteiger partial charge in [0, 0.05) is 58.1 Å². The van der Waals surface area contributed by atoms with Crippen molar-refractivity contribution in [3.05, 3.63) is 53.9 Å². The molecule has 1 fully saturated rings. The predicted molar refractivity (Wildman–Crippen MR) is 108 cm³/mol. The fourth-order valence-electron chi connectivity index (χ4n) is 3.64. The van der Waals surface area contributed by atoms with Gasteiger partial charge >= 0.3 is 0 Å². The van der Waals surface area contributed by atoms with E-state index in [0.29, 0.717) is 32.6 Å². The second-order valence-electron chi connectivity index (χ2n) is 7.19. The van der Waals surface area contributed by atoms with E-state index in [2.05, 4.69) is 27.4 Å². The van der Waals surface area contributed by atoms with E-state index in [1.807, 2.05) is 40.8 Å². The number of rotatable bonds is 7. The molecule has 150 valence electrons. The highest BCUT2D eigenvalue weighted by atomic mass is 16.2. The summed E-state index contributed by atoms with van der Waals surface area (Å²) in [7, 11) is 1.65. The molecule has 7 heteroatoms. The molecule has 2 aromatic rings. The maximum Gasteiger partial charge on any atom is 0.238 e. The minimum absolute atomic E-state index is 0.0338. The van der Waals surface area contributed by atoms with Crippen molar-refractivity contribution in [2.24, 2.45) is 0 Å². The van der Waals surface area contributed by atoms with Crippen LogP contribution in [-0.4, -0.2) is 70.7 Å². The van der Waals surface area contributed by atoms with Gasteiger partial charge in [0.2, 0.25) is 11.8 Å². The van der Waals surface area contributed by atoms with Crippen molar-refractivity contribution in [3.8, 4) is 0 Å². The number of nitrogens with one attached hydrogen (secondary N) is 1. The van der Waals surface area contributed by atoms with E-state index in [9.17, 15) is 9.59 Å². The van der Waals surface area contributed by atoms with Gasteiger partial charge in [-0.15, -0.1) is 0 Å². The molecule has 0 bridgehead atoms. The van der Waals surface area contributed by atoms with Crippen molar-refractivity contribution in [2.45, 2.75) is 32.4 Å². The number of aryl methyl sites for hydroxylation is 2. The lowest BCUT2D eigenvalue weighted by Crippen LogP contribution is -2.60. The Morgan fingerprint density at radius 2 is 1.93 bits per heavy atom. The third-order valence-corrected chi connectivity index (χ3v) is 5.39. The number of benzene rings is 1. The zero-order valence-electron chi connectivity index (χ0n) is 16.7. The van der Waals surface area contributed by atoms with Crippen LogP contribution in [0.1, 0.15) is 17.7 Å². The van der Waals surface area contributed by atoms with E-state index in [1.165, 1.54) is 5.56 Å². The molecule has 2 amide bonds. The van der Waals surface area contributed by atoms with E-state index < -0.39 is 0 Å². The maximum atomic E-state index is 12.7. The van der Waals surface area contributed by atoms with Gasteiger partial charge in [-0.2, -0.15) is 5.10 Å². The molecule has 2 heterocycles. The molecule has 1 aliphatic heterocycles. The van der Waals surface area contributed by atoms with Gasteiger partial charge in [0.1, 0.15) is 6.04 Å². The van der Waals surface area contributed by atoms with Gasteiger partial charge in [0.05, 0.1) is 0 Å². The molecule has 28 heavy (non-hydrogen) atoms. The molecule has 0 radical (unpaired) electrons. The van der Waals surface area contributed by atoms with Gasteiger partial charge in [-0.05, 0) is 25.0 Å². The SMILES string of the molecule is CNC(=O)[C@H]1CN(C(=O)CCn2nccc2C)CCN1CCc1ccccc1. The lowest BCUT2D eigenvalue weighted by atomic mass is 10.1. The second kappa shape index (κ2) is 9.50. The number of hydrogen-bond donors (Lipinski definition) is 1. The van der Waals surface area contributed by atoms with Crippen molar-refractivity contribution < 1.29 is 9.59 Å². The van der Waals surface area contributed by atoms with Crippen LogP contribution in [0.2, 0.25) is 0 Å². The normalized spacial score (nSPS) is 17.5. The number of likely N-dealkylation sites (N-methyl/N-ethyl adjacent to an activating group) is 1. The molecule has 1 saturated heterocycles. The molecule has 1 N–H and O–H groups in total. The molecule has 7 nitrogen and oxygen atoms in total. The Balaban J connectivity index is 1.57. The number of nitrogens with zero attached hydrogens (tertiary/aromatic N) is 4. The minimum Gasteiger partial charge on any atom is -0.358 e. The smallest absolute Gasteiger partial charge is 0.238 e. The molecule has 3 rings (SSSR count). The first-order valence-electron chi connectivity index (χ1n) is 9.84. The third-order valence-electron chi connectivity index (χ3n) is 5.39. The summed E-state index contributed by atoms with van der Waals surface area (Å²) in [5, 5.41) is 6.98. The maximum absolute atomic E-state index is 12.7. The third kappa shape index (κ3) is 4.98. The molecular formula is C21H29N5O2. The summed E-state index contributed by atoms with van der Waals surface area (Å²) in [4.78, 5) is 29.1. The van der Waals surface area contributed by atoms with Crippen LogP contribution in [0.3, 0.4) is 0 Å². The lowest BCUT2D eigenvalue weighted by Gasteiger charge is -2.40. The largest absolute Gasteiger partial charge is 0.358 e. The molecule has 0 spiro atoms. The number of carbonyl (C=O) groups excluding carboxylic acids is 2. The highest BCUT2D eigenvalue weighted by molar-refractivity contribution is 5.83. The summed E-state index contributed by atoms with van der Waals surface area (Å²) in [6, 6.07) is 11.9. The summed E-state index contributed by atoms with van der Waals surface area (Å²) in [5.41, 5.74) is 2.30. The average molecular weight is 383 g/mol. The number of aromatic nitrogens is 2. The van der Waals surface area contributed by atoms with Gasteiger partial charge in [-0.1, -0.05) is 30.3 Å². The van der Waals surface area contributed by atoms with Crippen LogP contribution in [0.4, 0.5) is 0 Å². The summed E-state index contributed by atoms with van der Waals surface area (Å²) in [5.74, 6) is 0.0417. The highest BCUT2D eigenvalue weighted by Crippen LogP contribution is 2.13. The van der Waals surface area contributed by atoms with Crippen LogP contribution < -0.4 is 5.32 Å². The molecule has 1 aromatic heterocycles. The van der Waals surface area contributed by atoms with E-state index in [-0.39, 0.29) is 17.9 Å². The van der Waals surface area contributed by atoms with Crippen LogP contribution in [0.5, 0.6) is 0 Å². The van der Waals surface area contributed by atoms with E-state index in [0.717, 1.165) is 18.7 Å². The second-order valence-corrected chi connectivity index (χ2v) is 7.19. The standard InChI is InChI=1S/C21H29N5O2/c1-17-8-11-23-26(17)13-10-20(27)25-15-14-24(19(16-25)21(28)22-2)12-9-18-6-4-3-5-7-18/h3-8,11,19H,9-10,12-16H2,1-2H3,(H,22,28)/t19-/m1/s1. The zero-order valence-corrected chi connectivity index (χ0v) is 16.7. The van der Waals surface area contributed by atoms with Gasteiger partial charge in [0.15, 0.2) is 0 Å². The quantitative estimate of drug-likeness (QED) is 0.777. The molecule has 0 aliphatic carbocycles. The Kier molecular flexibility index (Phi) is 6.81. The van der Waals surface area contributed by atoms with E-state index in [4.69, 9.17) is 0 Å². The van der Waals surface area contributed by atoms with Crippen molar-refractivity contribution in [1.29, 1.82) is 0 Å². The fourth-order valence-corrected chi connectivity index (χ4v) is 3.64. The highest BCUT2D eigenvalue weighted by Gasteiger charge is 2.33. The van der Waals surface area contributed by atoms with Crippen LogP contribution >= 0.6 is 0 Å².